The van der Waals surface area contributed by atoms with Crippen molar-refractivity contribution >= 4 is 44.7 Å². The van der Waals surface area contributed by atoms with Gasteiger partial charge in [0.05, 0.1) is 12.1 Å². The van der Waals surface area contributed by atoms with Gasteiger partial charge in [0.2, 0.25) is 5.91 Å². The van der Waals surface area contributed by atoms with Crippen LogP contribution in [-0.2, 0) is 17.9 Å². The van der Waals surface area contributed by atoms with E-state index in [1.165, 1.54) is 34.1 Å². The Morgan fingerprint density at radius 1 is 1.07 bits per heavy atom. The van der Waals surface area contributed by atoms with Gasteiger partial charge >= 0.3 is 5.69 Å². The second kappa shape index (κ2) is 8.25. The molecule has 4 aromatic rings. The molecule has 0 unspecified atom stereocenters. The molecule has 30 heavy (non-hydrogen) atoms. The standard InChI is InChI=1S/C21H15ClFN3O3S/c22-16-7-2-1-4-13(16)11-26-20(28)19-17(8-9-30-19)25(21(26)29)12-18(27)24-15-6-3-5-14(23)10-15/h1-10H,11-12H2,(H,24,27). The van der Waals surface area contributed by atoms with Gasteiger partial charge < -0.3 is 5.32 Å². The molecule has 4 rings (SSSR count). The quantitative estimate of drug-likeness (QED) is 0.511. The van der Waals surface area contributed by atoms with Crippen molar-refractivity contribution in [2.24, 2.45) is 0 Å². The largest absolute Gasteiger partial charge is 0.332 e. The minimum absolute atomic E-state index is 0.0172. The molecular weight excluding hydrogens is 429 g/mol. The first-order valence-electron chi connectivity index (χ1n) is 8.93. The lowest BCUT2D eigenvalue weighted by molar-refractivity contribution is -0.116. The van der Waals surface area contributed by atoms with Crippen molar-refractivity contribution in [3.63, 3.8) is 0 Å². The maximum absolute atomic E-state index is 13.4. The predicted molar refractivity (Wildman–Crippen MR) is 116 cm³/mol. The maximum Gasteiger partial charge on any atom is 0.332 e. The number of carbonyl (C=O) groups is 1. The summed E-state index contributed by atoms with van der Waals surface area (Å²) in [5.74, 6) is -1.00. The molecular formula is C21H15ClFN3O3S. The lowest BCUT2D eigenvalue weighted by atomic mass is 10.2. The second-order valence-corrected chi connectivity index (χ2v) is 7.87. The summed E-state index contributed by atoms with van der Waals surface area (Å²) in [6.07, 6.45) is 0. The number of hydrogen-bond acceptors (Lipinski definition) is 4. The van der Waals surface area contributed by atoms with Crippen LogP contribution in [0.4, 0.5) is 10.1 Å². The molecule has 0 bridgehead atoms. The minimum Gasteiger partial charge on any atom is -0.324 e. The summed E-state index contributed by atoms with van der Waals surface area (Å²) in [6, 6.07) is 14.0. The van der Waals surface area contributed by atoms with Gasteiger partial charge in [-0.3, -0.25) is 18.7 Å². The fourth-order valence-corrected chi connectivity index (χ4v) is 4.17. The van der Waals surface area contributed by atoms with Gasteiger partial charge in [0.25, 0.3) is 5.56 Å². The number of rotatable bonds is 5. The smallest absolute Gasteiger partial charge is 0.324 e. The molecule has 1 amide bonds. The fourth-order valence-electron chi connectivity index (χ4n) is 3.13. The first-order valence-corrected chi connectivity index (χ1v) is 10.2. The van der Waals surface area contributed by atoms with Gasteiger partial charge in [-0.2, -0.15) is 0 Å². The molecule has 0 radical (unpaired) electrons. The third kappa shape index (κ3) is 3.92. The lowest BCUT2D eigenvalue weighted by Gasteiger charge is -2.13. The zero-order chi connectivity index (χ0) is 21.3. The van der Waals surface area contributed by atoms with E-state index < -0.39 is 23.0 Å². The highest BCUT2D eigenvalue weighted by Gasteiger charge is 2.17. The molecule has 0 fully saturated rings. The third-order valence-corrected chi connectivity index (χ3v) is 5.79. The van der Waals surface area contributed by atoms with E-state index in [4.69, 9.17) is 11.6 Å². The van der Waals surface area contributed by atoms with Crippen LogP contribution in [0.3, 0.4) is 0 Å². The van der Waals surface area contributed by atoms with E-state index in [0.29, 0.717) is 20.8 Å². The van der Waals surface area contributed by atoms with E-state index in [-0.39, 0.29) is 18.8 Å². The Balaban J connectivity index is 1.73. The number of nitrogens with zero attached hydrogens (tertiary/aromatic N) is 2. The van der Waals surface area contributed by atoms with Crippen LogP contribution in [-0.4, -0.2) is 15.0 Å². The molecule has 0 aliphatic heterocycles. The van der Waals surface area contributed by atoms with Gasteiger partial charge in [0, 0.05) is 10.7 Å². The van der Waals surface area contributed by atoms with E-state index >= 15 is 0 Å². The molecule has 2 aromatic carbocycles. The average molecular weight is 444 g/mol. The molecule has 0 saturated carbocycles. The fraction of sp³-hybridized carbons (Fsp3) is 0.0952. The first-order chi connectivity index (χ1) is 14.4. The highest BCUT2D eigenvalue weighted by molar-refractivity contribution is 7.17. The summed E-state index contributed by atoms with van der Waals surface area (Å²) in [5.41, 5.74) is 0.204. The maximum atomic E-state index is 13.4. The topological polar surface area (TPSA) is 73.1 Å². The number of benzene rings is 2. The first kappa shape index (κ1) is 20.1. The van der Waals surface area contributed by atoms with Crippen molar-refractivity contribution in [2.45, 2.75) is 13.1 Å². The average Bonchev–Trinajstić information content (AvgIpc) is 3.20. The number of halogens is 2. The number of nitrogens with one attached hydrogen (secondary N) is 1. The number of carbonyl (C=O) groups excluding carboxylic acids is 1. The van der Waals surface area contributed by atoms with E-state index in [1.807, 2.05) is 0 Å². The Morgan fingerprint density at radius 2 is 1.87 bits per heavy atom. The van der Waals surface area contributed by atoms with E-state index in [0.717, 1.165) is 4.57 Å². The number of hydrogen-bond donors (Lipinski definition) is 1. The summed E-state index contributed by atoms with van der Waals surface area (Å²) < 4.78 is 16.0. The van der Waals surface area contributed by atoms with Crippen LogP contribution in [0.2, 0.25) is 5.02 Å². The molecule has 0 aliphatic rings. The van der Waals surface area contributed by atoms with Crippen LogP contribution in [0.1, 0.15) is 5.56 Å². The molecule has 1 N–H and O–H groups in total. The summed E-state index contributed by atoms with van der Waals surface area (Å²) in [5, 5.41) is 4.69. The Bertz CT molecular complexity index is 1380. The van der Waals surface area contributed by atoms with Gasteiger partial charge in [-0.1, -0.05) is 35.9 Å². The van der Waals surface area contributed by atoms with Crippen LogP contribution >= 0.6 is 22.9 Å². The minimum atomic E-state index is -0.625. The molecule has 6 nitrogen and oxygen atoms in total. The highest BCUT2D eigenvalue weighted by atomic mass is 35.5. The van der Waals surface area contributed by atoms with Gasteiger partial charge in [-0.15, -0.1) is 11.3 Å². The zero-order valence-electron chi connectivity index (χ0n) is 15.5. The van der Waals surface area contributed by atoms with Crippen LogP contribution in [0.25, 0.3) is 10.2 Å². The highest BCUT2D eigenvalue weighted by Crippen LogP contribution is 2.18. The SMILES string of the molecule is O=C(Cn1c(=O)n(Cc2ccccc2Cl)c(=O)c2sccc21)Nc1cccc(F)c1. The van der Waals surface area contributed by atoms with E-state index in [1.54, 1.807) is 41.8 Å². The van der Waals surface area contributed by atoms with Crippen molar-refractivity contribution in [3.05, 3.63) is 97.2 Å². The number of fused-ring (bicyclic) bond motifs is 1. The van der Waals surface area contributed by atoms with Crippen LogP contribution < -0.4 is 16.6 Å². The molecule has 0 atom stereocenters. The molecule has 0 saturated heterocycles. The summed E-state index contributed by atoms with van der Waals surface area (Å²) >= 11 is 7.38. The lowest BCUT2D eigenvalue weighted by Crippen LogP contribution is -2.41. The number of amides is 1. The molecule has 9 heteroatoms. The Hall–Kier alpha value is -3.23. The molecule has 2 heterocycles. The second-order valence-electron chi connectivity index (χ2n) is 6.54. The third-order valence-electron chi connectivity index (χ3n) is 4.53. The van der Waals surface area contributed by atoms with Gasteiger partial charge in [-0.25, -0.2) is 9.18 Å². The summed E-state index contributed by atoms with van der Waals surface area (Å²) in [6.45, 7) is -0.345. The van der Waals surface area contributed by atoms with Crippen LogP contribution in [0, 0.1) is 5.82 Å². The van der Waals surface area contributed by atoms with Gasteiger partial charge in [0.1, 0.15) is 17.1 Å². The van der Waals surface area contributed by atoms with Crippen molar-refractivity contribution in [1.29, 1.82) is 0 Å². The monoisotopic (exact) mass is 443 g/mol. The number of aromatic nitrogens is 2. The zero-order valence-corrected chi connectivity index (χ0v) is 17.0. The number of thiophene rings is 1. The van der Waals surface area contributed by atoms with Crippen molar-refractivity contribution in [3.8, 4) is 0 Å². The molecule has 0 spiro atoms. The van der Waals surface area contributed by atoms with Crippen LogP contribution in [0.15, 0.2) is 69.6 Å². The normalized spacial score (nSPS) is 11.0. The van der Waals surface area contributed by atoms with E-state index in [2.05, 4.69) is 5.32 Å². The van der Waals surface area contributed by atoms with Gasteiger partial charge in [-0.05, 0) is 41.3 Å². The van der Waals surface area contributed by atoms with Crippen LogP contribution in [0.5, 0.6) is 0 Å². The Morgan fingerprint density at radius 3 is 2.63 bits per heavy atom. The molecule has 2 aromatic heterocycles. The predicted octanol–water partition coefficient (Wildman–Crippen LogP) is 3.70. The Labute approximate surface area is 178 Å². The summed E-state index contributed by atoms with van der Waals surface area (Å²) in [4.78, 5) is 38.5. The van der Waals surface area contributed by atoms with E-state index in [9.17, 15) is 18.8 Å². The molecule has 0 aliphatic carbocycles. The number of anilines is 1. The van der Waals surface area contributed by atoms with Gasteiger partial charge in [0.15, 0.2) is 0 Å². The summed E-state index contributed by atoms with van der Waals surface area (Å²) in [7, 11) is 0. The van der Waals surface area contributed by atoms with Crippen molar-refractivity contribution in [1.82, 2.24) is 9.13 Å². The van der Waals surface area contributed by atoms with Crippen molar-refractivity contribution < 1.29 is 9.18 Å². The molecule has 152 valence electrons. The van der Waals surface area contributed by atoms with Crippen molar-refractivity contribution in [2.75, 3.05) is 5.32 Å². The Kier molecular flexibility index (Phi) is 5.52.